The molecule has 176 valence electrons. The Morgan fingerprint density at radius 3 is 2.42 bits per heavy atom. The van der Waals surface area contributed by atoms with Crippen molar-refractivity contribution < 1.29 is 14.3 Å². The molecule has 0 spiro atoms. The Morgan fingerprint density at radius 1 is 1.27 bits per heavy atom. The third kappa shape index (κ3) is 4.63. The molecule has 0 atom stereocenters. The van der Waals surface area contributed by atoms with Crippen LogP contribution in [0.5, 0.6) is 0 Å². The van der Waals surface area contributed by atoms with E-state index < -0.39 is 5.56 Å². The van der Waals surface area contributed by atoms with E-state index in [4.69, 9.17) is 17.0 Å². The highest BCUT2D eigenvalue weighted by Crippen LogP contribution is 2.36. The van der Waals surface area contributed by atoms with Crippen LogP contribution in [-0.4, -0.2) is 69.5 Å². The summed E-state index contributed by atoms with van der Waals surface area (Å²) < 4.78 is 7.01. The summed E-state index contributed by atoms with van der Waals surface area (Å²) in [4.78, 5) is 43.6. The van der Waals surface area contributed by atoms with Gasteiger partial charge in [-0.3, -0.25) is 19.1 Å². The average molecular weight is 490 g/mol. The molecule has 3 heterocycles. The molecule has 0 radical (unpaired) electrons. The van der Waals surface area contributed by atoms with Gasteiger partial charge in [-0.2, -0.15) is 5.26 Å². The number of nitrogens with zero attached hydrogens (tertiary/aromatic N) is 5. The Hall–Kier alpha value is -2.84. The van der Waals surface area contributed by atoms with Crippen LogP contribution < -0.4 is 10.5 Å². The van der Waals surface area contributed by atoms with Gasteiger partial charge in [0.25, 0.3) is 11.5 Å². The Morgan fingerprint density at radius 2 is 1.91 bits per heavy atom. The van der Waals surface area contributed by atoms with Gasteiger partial charge in [0.2, 0.25) is 0 Å². The maximum Gasteiger partial charge on any atom is 0.409 e. The molecule has 0 unspecified atom stereocenters. The molecule has 2 amide bonds. The van der Waals surface area contributed by atoms with Gasteiger partial charge < -0.3 is 14.5 Å². The maximum atomic E-state index is 13.0. The molecule has 0 aliphatic carbocycles. The van der Waals surface area contributed by atoms with Crippen molar-refractivity contribution in [1.29, 1.82) is 5.26 Å². The summed E-state index contributed by atoms with van der Waals surface area (Å²) >= 11 is 6.60. The summed E-state index contributed by atoms with van der Waals surface area (Å²) in [6, 6.07) is 1.93. The van der Waals surface area contributed by atoms with E-state index in [0.29, 0.717) is 59.0 Å². The van der Waals surface area contributed by atoms with Crippen LogP contribution in [0, 0.1) is 18.3 Å². The van der Waals surface area contributed by atoms with Crippen molar-refractivity contribution >= 4 is 52.2 Å². The number of hydrogen-bond donors (Lipinski definition) is 0. The van der Waals surface area contributed by atoms with Gasteiger partial charge >= 0.3 is 6.09 Å². The van der Waals surface area contributed by atoms with Crippen molar-refractivity contribution in [3.63, 3.8) is 0 Å². The fraction of sp³-hybridized carbons (Fsp3) is 0.500. The number of amides is 2. The molecule has 11 heteroatoms. The summed E-state index contributed by atoms with van der Waals surface area (Å²) in [5.74, 6) is 0.416. The van der Waals surface area contributed by atoms with Crippen molar-refractivity contribution in [2.75, 3.05) is 37.7 Å². The number of ether oxygens (including phenoxy) is 1. The smallest absolute Gasteiger partial charge is 0.409 e. The number of carbonyl (C=O) groups excluding carboxylic acids is 2. The lowest BCUT2D eigenvalue weighted by Gasteiger charge is -2.37. The third-order valence-electron chi connectivity index (χ3n) is 5.69. The molecule has 0 aromatic carbocycles. The number of anilines is 1. The maximum absolute atomic E-state index is 13.0. The predicted molar refractivity (Wildman–Crippen MR) is 132 cm³/mol. The summed E-state index contributed by atoms with van der Waals surface area (Å²) in [5, 5.41) is 9.61. The fourth-order valence-electron chi connectivity index (χ4n) is 3.97. The number of piperazine rings is 1. The zero-order valence-corrected chi connectivity index (χ0v) is 21.0. The van der Waals surface area contributed by atoms with Crippen LogP contribution in [-0.2, 0) is 16.6 Å². The molecular formula is C22H27N5O4S2. The summed E-state index contributed by atoms with van der Waals surface area (Å²) in [6.45, 7) is 9.39. The molecule has 0 saturated carbocycles. The molecule has 0 N–H and O–H groups in total. The van der Waals surface area contributed by atoms with E-state index in [9.17, 15) is 19.6 Å². The van der Waals surface area contributed by atoms with Crippen molar-refractivity contribution in [2.24, 2.45) is 7.05 Å². The minimum atomic E-state index is -0.398. The second kappa shape index (κ2) is 9.97. The zero-order chi connectivity index (χ0) is 24.4. The second-order valence-corrected chi connectivity index (χ2v) is 9.71. The molecule has 0 bridgehead atoms. The first-order chi connectivity index (χ1) is 15.6. The molecular weight excluding hydrogens is 462 g/mol. The van der Waals surface area contributed by atoms with Crippen molar-refractivity contribution in [2.45, 2.75) is 33.7 Å². The number of hydrogen-bond acceptors (Lipinski definition) is 8. The lowest BCUT2D eigenvalue weighted by Crippen LogP contribution is -2.50. The summed E-state index contributed by atoms with van der Waals surface area (Å²) in [7, 11) is 1.62. The largest absolute Gasteiger partial charge is 0.450 e. The van der Waals surface area contributed by atoms with E-state index in [-0.39, 0.29) is 23.6 Å². The highest BCUT2D eigenvalue weighted by molar-refractivity contribution is 8.26. The van der Waals surface area contributed by atoms with Crippen molar-refractivity contribution in [3.8, 4) is 6.07 Å². The van der Waals surface area contributed by atoms with Gasteiger partial charge in [0, 0.05) is 44.8 Å². The Bertz CT molecular complexity index is 1130. The van der Waals surface area contributed by atoms with E-state index in [1.165, 1.54) is 16.3 Å². The lowest BCUT2D eigenvalue weighted by molar-refractivity contribution is -0.123. The molecule has 33 heavy (non-hydrogen) atoms. The second-order valence-electron chi connectivity index (χ2n) is 8.03. The fourth-order valence-corrected chi connectivity index (χ4v) is 5.47. The topological polar surface area (TPSA) is 98.9 Å². The van der Waals surface area contributed by atoms with Gasteiger partial charge in [-0.25, -0.2) is 4.79 Å². The van der Waals surface area contributed by atoms with Crippen LogP contribution in [0.2, 0.25) is 0 Å². The van der Waals surface area contributed by atoms with Gasteiger partial charge in [0.15, 0.2) is 0 Å². The first-order valence-electron chi connectivity index (χ1n) is 10.7. The summed E-state index contributed by atoms with van der Waals surface area (Å²) in [5.41, 5.74) is 0.780. The van der Waals surface area contributed by atoms with Crippen LogP contribution in [0.3, 0.4) is 0 Å². The number of pyridine rings is 1. The predicted octanol–water partition coefficient (Wildman–Crippen LogP) is 2.45. The molecule has 3 rings (SSSR count). The van der Waals surface area contributed by atoms with Gasteiger partial charge in [-0.05, 0) is 39.3 Å². The number of rotatable bonds is 4. The molecule has 1 aromatic rings. The number of nitriles is 1. The van der Waals surface area contributed by atoms with E-state index in [1.54, 1.807) is 36.8 Å². The van der Waals surface area contributed by atoms with Crippen molar-refractivity contribution in [3.05, 3.63) is 31.9 Å². The number of thiocarbonyl (C=S) groups is 1. The van der Waals surface area contributed by atoms with Gasteiger partial charge in [-0.15, -0.1) is 0 Å². The molecule has 2 fully saturated rings. The van der Waals surface area contributed by atoms with Crippen molar-refractivity contribution in [1.82, 2.24) is 14.4 Å². The molecule has 2 aliphatic rings. The normalized spacial score (nSPS) is 17.8. The van der Waals surface area contributed by atoms with Crippen LogP contribution >= 0.6 is 24.0 Å². The van der Waals surface area contributed by atoms with Gasteiger partial charge in [-0.1, -0.05) is 24.0 Å². The first kappa shape index (κ1) is 24.8. The molecule has 2 aliphatic heterocycles. The molecule has 1 aromatic heterocycles. The summed E-state index contributed by atoms with van der Waals surface area (Å²) in [6.07, 6.45) is 1.37. The lowest BCUT2D eigenvalue weighted by atomic mass is 10.0. The minimum absolute atomic E-state index is 0.0389. The van der Waals surface area contributed by atoms with Crippen LogP contribution in [0.25, 0.3) is 6.08 Å². The van der Waals surface area contributed by atoms with E-state index in [2.05, 4.69) is 0 Å². The van der Waals surface area contributed by atoms with Gasteiger partial charge in [0.05, 0.1) is 11.5 Å². The van der Waals surface area contributed by atoms with E-state index >= 15 is 0 Å². The number of carbonyl (C=O) groups is 2. The van der Waals surface area contributed by atoms with E-state index in [1.807, 2.05) is 24.8 Å². The first-order valence-corrected chi connectivity index (χ1v) is 11.9. The SMILES string of the molecule is CCOC(=O)N1CCN(c2c(C=C3SC(=S)N(C(C)C)C3=O)c(C)c(C#N)c(=O)n2C)CC1. The average Bonchev–Trinajstić information content (AvgIpc) is 3.06. The van der Waals surface area contributed by atoms with Crippen LogP contribution in [0.4, 0.5) is 10.6 Å². The van der Waals surface area contributed by atoms with Crippen LogP contribution in [0.1, 0.15) is 37.5 Å². The highest BCUT2D eigenvalue weighted by Gasteiger charge is 2.35. The minimum Gasteiger partial charge on any atom is -0.450 e. The standard InChI is InChI=1S/C22H27N5O4S2/c1-6-31-21(30)26-9-7-25(8-10-26)18-15(14(4)16(12-23)19(28)24(18)5)11-17-20(29)27(13(2)3)22(32)33-17/h11,13H,6-10H2,1-5H3. The highest BCUT2D eigenvalue weighted by atomic mass is 32.2. The number of aromatic nitrogens is 1. The number of thioether (sulfide) groups is 1. The Balaban J connectivity index is 2.07. The Kier molecular flexibility index (Phi) is 7.49. The quantitative estimate of drug-likeness (QED) is 0.470. The third-order valence-corrected chi connectivity index (χ3v) is 7.02. The zero-order valence-electron chi connectivity index (χ0n) is 19.4. The van der Waals surface area contributed by atoms with Gasteiger partial charge in [0.1, 0.15) is 21.8 Å². The monoisotopic (exact) mass is 489 g/mol. The molecule has 2 saturated heterocycles. The Labute approximate surface area is 202 Å². The molecule has 9 nitrogen and oxygen atoms in total. The van der Waals surface area contributed by atoms with E-state index in [0.717, 1.165) is 0 Å². The van der Waals surface area contributed by atoms with Crippen LogP contribution in [0.15, 0.2) is 9.70 Å².